The van der Waals surface area contributed by atoms with Crippen molar-refractivity contribution in [3.8, 4) is 0 Å². The fourth-order valence-electron chi connectivity index (χ4n) is 2.24. The highest BCUT2D eigenvalue weighted by Crippen LogP contribution is 2.22. The number of anilines is 2. The molecule has 2 nitrogen and oxygen atoms in total. The quantitative estimate of drug-likeness (QED) is 0.890. The lowest BCUT2D eigenvalue weighted by molar-refractivity contribution is 1.11. The molecule has 0 aliphatic heterocycles. The molecule has 20 heavy (non-hydrogen) atoms. The van der Waals surface area contributed by atoms with Gasteiger partial charge in [0.15, 0.2) is 0 Å². The Morgan fingerprint density at radius 1 is 0.850 bits per heavy atom. The molecule has 1 N–H and O–H groups in total. The summed E-state index contributed by atoms with van der Waals surface area (Å²) in [6.45, 7) is 7.33. The van der Waals surface area contributed by atoms with E-state index < -0.39 is 0 Å². The van der Waals surface area contributed by atoms with E-state index in [4.69, 9.17) is 0 Å². The van der Waals surface area contributed by atoms with Crippen LogP contribution in [-0.2, 0) is 6.54 Å². The van der Waals surface area contributed by atoms with E-state index in [0.717, 1.165) is 6.54 Å². The van der Waals surface area contributed by atoms with Crippen molar-refractivity contribution in [3.05, 3.63) is 58.7 Å². The van der Waals surface area contributed by atoms with Gasteiger partial charge >= 0.3 is 0 Å². The molecular weight excluding hydrogens is 244 g/mol. The molecule has 2 rings (SSSR count). The minimum atomic E-state index is 0.864. The minimum absolute atomic E-state index is 0.864. The van der Waals surface area contributed by atoms with Crippen molar-refractivity contribution in [3.63, 3.8) is 0 Å². The number of nitrogens with one attached hydrogen (secondary N) is 1. The van der Waals surface area contributed by atoms with Gasteiger partial charge in [0.2, 0.25) is 0 Å². The zero-order valence-corrected chi connectivity index (χ0v) is 13.1. The standard InChI is InChI=1S/C18H24N2/c1-13-6-7-16(10-14(13)2)12-19-18-9-8-17(20(4)5)11-15(18)3/h6-11,19H,12H2,1-5H3. The maximum Gasteiger partial charge on any atom is 0.0400 e. The van der Waals surface area contributed by atoms with Crippen LogP contribution in [0.25, 0.3) is 0 Å². The zero-order valence-electron chi connectivity index (χ0n) is 13.1. The number of hydrogen-bond acceptors (Lipinski definition) is 2. The number of hydrogen-bond donors (Lipinski definition) is 1. The summed E-state index contributed by atoms with van der Waals surface area (Å²) in [6, 6.07) is 13.2. The molecule has 0 aromatic heterocycles. The molecular formula is C18H24N2. The number of aryl methyl sites for hydroxylation is 3. The molecule has 0 saturated carbocycles. The van der Waals surface area contributed by atoms with E-state index in [9.17, 15) is 0 Å². The van der Waals surface area contributed by atoms with Crippen molar-refractivity contribution >= 4 is 11.4 Å². The second-order valence-electron chi connectivity index (χ2n) is 5.67. The topological polar surface area (TPSA) is 15.3 Å². The fourth-order valence-corrected chi connectivity index (χ4v) is 2.24. The first-order chi connectivity index (χ1) is 9.47. The van der Waals surface area contributed by atoms with Gasteiger partial charge in [-0.15, -0.1) is 0 Å². The Kier molecular flexibility index (Phi) is 4.33. The second-order valence-corrected chi connectivity index (χ2v) is 5.67. The summed E-state index contributed by atoms with van der Waals surface area (Å²) < 4.78 is 0. The van der Waals surface area contributed by atoms with Crippen LogP contribution in [-0.4, -0.2) is 14.1 Å². The Morgan fingerprint density at radius 3 is 2.20 bits per heavy atom. The molecule has 0 aliphatic rings. The molecule has 0 spiro atoms. The molecule has 0 bridgehead atoms. The molecule has 2 heteroatoms. The highest BCUT2D eigenvalue weighted by molar-refractivity contribution is 5.59. The summed E-state index contributed by atoms with van der Waals surface area (Å²) in [4.78, 5) is 2.13. The smallest absolute Gasteiger partial charge is 0.0400 e. The maximum atomic E-state index is 3.52. The van der Waals surface area contributed by atoms with Gasteiger partial charge in [0, 0.05) is 32.0 Å². The molecule has 0 atom stereocenters. The van der Waals surface area contributed by atoms with E-state index in [0.29, 0.717) is 0 Å². The third-order valence-corrected chi connectivity index (χ3v) is 3.78. The fraction of sp³-hybridized carbons (Fsp3) is 0.333. The number of rotatable bonds is 4. The Balaban J connectivity index is 2.09. The van der Waals surface area contributed by atoms with Gasteiger partial charge in [-0.05, 0) is 61.2 Å². The van der Waals surface area contributed by atoms with Crippen LogP contribution in [0.5, 0.6) is 0 Å². The Bertz CT molecular complexity index is 600. The summed E-state index contributed by atoms with van der Waals surface area (Å²) in [6.07, 6.45) is 0. The average Bonchev–Trinajstić information content (AvgIpc) is 2.41. The summed E-state index contributed by atoms with van der Waals surface area (Å²) in [5.74, 6) is 0. The number of nitrogens with zero attached hydrogens (tertiary/aromatic N) is 1. The summed E-state index contributed by atoms with van der Waals surface area (Å²) in [5.41, 5.74) is 7.74. The van der Waals surface area contributed by atoms with Gasteiger partial charge in [0.1, 0.15) is 0 Å². The maximum absolute atomic E-state index is 3.52. The zero-order chi connectivity index (χ0) is 14.7. The molecule has 0 saturated heterocycles. The number of benzene rings is 2. The molecule has 2 aromatic rings. The summed E-state index contributed by atoms with van der Waals surface area (Å²) >= 11 is 0. The van der Waals surface area contributed by atoms with Crippen molar-refractivity contribution in [1.82, 2.24) is 0 Å². The van der Waals surface area contributed by atoms with Crippen molar-refractivity contribution in [2.24, 2.45) is 0 Å². The van der Waals surface area contributed by atoms with Gasteiger partial charge in [-0.2, -0.15) is 0 Å². The van der Waals surface area contributed by atoms with Crippen LogP contribution in [0.2, 0.25) is 0 Å². The predicted octanol–water partition coefficient (Wildman–Crippen LogP) is 4.29. The van der Waals surface area contributed by atoms with E-state index in [-0.39, 0.29) is 0 Å². The van der Waals surface area contributed by atoms with Crippen molar-refractivity contribution in [1.29, 1.82) is 0 Å². The van der Waals surface area contributed by atoms with Crippen LogP contribution < -0.4 is 10.2 Å². The van der Waals surface area contributed by atoms with Crippen LogP contribution in [0.15, 0.2) is 36.4 Å². The summed E-state index contributed by atoms with van der Waals surface area (Å²) in [5, 5.41) is 3.52. The minimum Gasteiger partial charge on any atom is -0.381 e. The third-order valence-electron chi connectivity index (χ3n) is 3.78. The molecule has 106 valence electrons. The van der Waals surface area contributed by atoms with Gasteiger partial charge in [-0.25, -0.2) is 0 Å². The molecule has 2 aromatic carbocycles. The van der Waals surface area contributed by atoms with Gasteiger partial charge in [-0.1, -0.05) is 18.2 Å². The Morgan fingerprint density at radius 2 is 1.60 bits per heavy atom. The van der Waals surface area contributed by atoms with Crippen LogP contribution in [0.3, 0.4) is 0 Å². The van der Waals surface area contributed by atoms with E-state index in [1.807, 2.05) is 0 Å². The SMILES string of the molecule is Cc1ccc(CNc2ccc(N(C)C)cc2C)cc1C. The van der Waals surface area contributed by atoms with Gasteiger partial charge in [0.25, 0.3) is 0 Å². The van der Waals surface area contributed by atoms with E-state index in [2.05, 4.69) is 81.5 Å². The van der Waals surface area contributed by atoms with E-state index in [1.54, 1.807) is 0 Å². The summed E-state index contributed by atoms with van der Waals surface area (Å²) in [7, 11) is 4.13. The molecule has 0 radical (unpaired) electrons. The van der Waals surface area contributed by atoms with E-state index >= 15 is 0 Å². The lowest BCUT2D eigenvalue weighted by Crippen LogP contribution is -2.09. The van der Waals surface area contributed by atoms with Crippen LogP contribution in [0, 0.1) is 20.8 Å². The van der Waals surface area contributed by atoms with Crippen molar-refractivity contribution in [2.75, 3.05) is 24.3 Å². The van der Waals surface area contributed by atoms with Gasteiger partial charge < -0.3 is 10.2 Å². The van der Waals surface area contributed by atoms with Gasteiger partial charge in [-0.3, -0.25) is 0 Å². The van der Waals surface area contributed by atoms with Crippen LogP contribution in [0.1, 0.15) is 22.3 Å². The third kappa shape index (κ3) is 3.32. The lowest BCUT2D eigenvalue weighted by atomic mass is 10.1. The monoisotopic (exact) mass is 268 g/mol. The molecule has 0 heterocycles. The first-order valence-corrected chi connectivity index (χ1v) is 7.05. The van der Waals surface area contributed by atoms with Crippen molar-refractivity contribution in [2.45, 2.75) is 27.3 Å². The normalized spacial score (nSPS) is 10.4. The first-order valence-electron chi connectivity index (χ1n) is 7.05. The predicted molar refractivity (Wildman–Crippen MR) is 88.7 cm³/mol. The lowest BCUT2D eigenvalue weighted by Gasteiger charge is -2.16. The highest BCUT2D eigenvalue weighted by atomic mass is 15.1. The van der Waals surface area contributed by atoms with Crippen LogP contribution in [0.4, 0.5) is 11.4 Å². The first kappa shape index (κ1) is 14.4. The second kappa shape index (κ2) is 6.00. The molecule has 0 aliphatic carbocycles. The van der Waals surface area contributed by atoms with Crippen LogP contribution >= 0.6 is 0 Å². The Labute approximate surface area is 122 Å². The Hall–Kier alpha value is -1.96. The molecule has 0 fully saturated rings. The van der Waals surface area contributed by atoms with E-state index in [1.165, 1.54) is 33.6 Å². The highest BCUT2D eigenvalue weighted by Gasteiger charge is 2.02. The van der Waals surface area contributed by atoms with Crippen molar-refractivity contribution < 1.29 is 0 Å². The van der Waals surface area contributed by atoms with Gasteiger partial charge in [0.05, 0.1) is 0 Å². The largest absolute Gasteiger partial charge is 0.381 e. The average molecular weight is 268 g/mol. The molecule has 0 amide bonds. The molecule has 0 unspecified atom stereocenters.